The van der Waals surface area contributed by atoms with Crippen molar-refractivity contribution in [1.82, 2.24) is 9.88 Å². The maximum Gasteiger partial charge on any atom is 0.153 e. The number of hydrogen-bond donors (Lipinski definition) is 0. The molecule has 2 heterocycles. The van der Waals surface area contributed by atoms with E-state index >= 15 is 0 Å². The lowest BCUT2D eigenvalue weighted by Gasteiger charge is -2.42. The van der Waals surface area contributed by atoms with Crippen molar-refractivity contribution in [2.24, 2.45) is 0 Å². The molecule has 1 aliphatic rings. The lowest BCUT2D eigenvalue weighted by atomic mass is 10.0. The Morgan fingerprint density at radius 3 is 2.44 bits per heavy atom. The number of aldehydes is 1. The molecule has 0 N–H and O–H groups in total. The third-order valence-electron chi connectivity index (χ3n) is 3.47. The summed E-state index contributed by atoms with van der Waals surface area (Å²) in [5.74, 6) is 0.820. The molecule has 0 radical (unpaired) electrons. The van der Waals surface area contributed by atoms with E-state index in [4.69, 9.17) is 0 Å². The molecule has 0 atom stereocenters. The van der Waals surface area contributed by atoms with Gasteiger partial charge in [0.25, 0.3) is 0 Å². The summed E-state index contributed by atoms with van der Waals surface area (Å²) in [5.41, 5.74) is 0.894. The smallest absolute Gasteiger partial charge is 0.153 e. The van der Waals surface area contributed by atoms with E-state index in [1.807, 2.05) is 6.07 Å². The SMILES string of the molecule is CC(C)(C)N1CCN(c2ncccc2C=O)CC1. The Labute approximate surface area is 109 Å². The molecule has 18 heavy (non-hydrogen) atoms. The first-order valence-electron chi connectivity index (χ1n) is 6.42. The minimum Gasteiger partial charge on any atom is -0.353 e. The maximum absolute atomic E-state index is 11.0. The van der Waals surface area contributed by atoms with Crippen LogP contribution in [0, 0.1) is 0 Å². The zero-order chi connectivity index (χ0) is 13.2. The fourth-order valence-corrected chi connectivity index (χ4v) is 2.35. The summed E-state index contributed by atoms with van der Waals surface area (Å²) in [6, 6.07) is 3.63. The third-order valence-corrected chi connectivity index (χ3v) is 3.47. The molecule has 98 valence electrons. The van der Waals surface area contributed by atoms with Crippen molar-refractivity contribution in [2.75, 3.05) is 31.1 Å². The maximum atomic E-state index is 11.0. The second-order valence-corrected chi connectivity index (χ2v) is 5.68. The van der Waals surface area contributed by atoms with Crippen LogP contribution in [-0.2, 0) is 0 Å². The Morgan fingerprint density at radius 1 is 1.22 bits per heavy atom. The van der Waals surface area contributed by atoms with Gasteiger partial charge in [-0.1, -0.05) is 0 Å². The van der Waals surface area contributed by atoms with Crippen molar-refractivity contribution >= 4 is 12.1 Å². The van der Waals surface area contributed by atoms with E-state index in [1.54, 1.807) is 12.3 Å². The monoisotopic (exact) mass is 247 g/mol. The van der Waals surface area contributed by atoms with Crippen LogP contribution in [0.4, 0.5) is 5.82 Å². The summed E-state index contributed by atoms with van der Waals surface area (Å²) in [4.78, 5) is 20.0. The number of rotatable bonds is 2. The van der Waals surface area contributed by atoms with Gasteiger partial charge in [0.2, 0.25) is 0 Å². The fourth-order valence-electron chi connectivity index (χ4n) is 2.35. The molecule has 4 heteroatoms. The Hall–Kier alpha value is -1.42. The Morgan fingerprint density at radius 2 is 1.89 bits per heavy atom. The van der Waals surface area contributed by atoms with Gasteiger partial charge in [-0.15, -0.1) is 0 Å². The fraction of sp³-hybridized carbons (Fsp3) is 0.571. The first-order valence-corrected chi connectivity index (χ1v) is 6.42. The average Bonchev–Trinajstić information content (AvgIpc) is 2.38. The highest BCUT2D eigenvalue weighted by Crippen LogP contribution is 2.21. The molecular formula is C14H21N3O. The Bertz CT molecular complexity index is 417. The van der Waals surface area contributed by atoms with Gasteiger partial charge in [0.15, 0.2) is 6.29 Å². The molecule has 1 aromatic rings. The lowest BCUT2D eigenvalue weighted by molar-refractivity contribution is 0.112. The topological polar surface area (TPSA) is 36.4 Å². The van der Waals surface area contributed by atoms with Crippen molar-refractivity contribution in [2.45, 2.75) is 26.3 Å². The second-order valence-electron chi connectivity index (χ2n) is 5.68. The van der Waals surface area contributed by atoms with Crippen molar-refractivity contribution in [3.05, 3.63) is 23.9 Å². The van der Waals surface area contributed by atoms with Crippen molar-refractivity contribution in [3.63, 3.8) is 0 Å². The highest BCUT2D eigenvalue weighted by atomic mass is 16.1. The predicted octanol–water partition coefficient (Wildman–Crippen LogP) is 1.81. The molecule has 1 fully saturated rings. The van der Waals surface area contributed by atoms with Gasteiger partial charge in [-0.25, -0.2) is 4.98 Å². The van der Waals surface area contributed by atoms with Gasteiger partial charge in [0, 0.05) is 37.9 Å². The van der Waals surface area contributed by atoms with Crippen LogP contribution in [0.2, 0.25) is 0 Å². The van der Waals surface area contributed by atoms with E-state index in [0.717, 1.165) is 38.3 Å². The standard InChI is InChI=1S/C14H21N3O/c1-14(2,3)17-9-7-16(8-10-17)13-12(11-18)5-4-6-15-13/h4-6,11H,7-10H2,1-3H3. The molecule has 0 aliphatic carbocycles. The quantitative estimate of drug-likeness (QED) is 0.747. The summed E-state index contributed by atoms with van der Waals surface area (Å²) in [6.45, 7) is 10.6. The molecule has 1 aromatic heterocycles. The highest BCUT2D eigenvalue weighted by molar-refractivity contribution is 5.82. The first-order chi connectivity index (χ1) is 8.52. The van der Waals surface area contributed by atoms with Gasteiger partial charge in [-0.05, 0) is 32.9 Å². The number of aromatic nitrogens is 1. The van der Waals surface area contributed by atoms with Crippen LogP contribution in [-0.4, -0.2) is 47.9 Å². The van der Waals surface area contributed by atoms with Crippen LogP contribution in [0.5, 0.6) is 0 Å². The lowest BCUT2D eigenvalue weighted by Crippen LogP contribution is -2.53. The van der Waals surface area contributed by atoms with Crippen LogP contribution in [0.1, 0.15) is 31.1 Å². The number of carbonyl (C=O) groups is 1. The minimum absolute atomic E-state index is 0.212. The zero-order valence-corrected chi connectivity index (χ0v) is 11.4. The number of pyridine rings is 1. The van der Waals surface area contributed by atoms with Crippen LogP contribution in [0.25, 0.3) is 0 Å². The van der Waals surface area contributed by atoms with E-state index in [2.05, 4.69) is 35.6 Å². The van der Waals surface area contributed by atoms with Crippen molar-refractivity contribution < 1.29 is 4.79 Å². The van der Waals surface area contributed by atoms with E-state index in [9.17, 15) is 4.79 Å². The van der Waals surface area contributed by atoms with Gasteiger partial charge in [-0.2, -0.15) is 0 Å². The van der Waals surface area contributed by atoms with Crippen molar-refractivity contribution in [3.8, 4) is 0 Å². The summed E-state index contributed by atoms with van der Waals surface area (Å²) in [6.07, 6.45) is 2.64. The molecule has 1 saturated heterocycles. The molecular weight excluding hydrogens is 226 g/mol. The van der Waals surface area contributed by atoms with Crippen LogP contribution < -0.4 is 4.90 Å². The number of carbonyl (C=O) groups excluding carboxylic acids is 1. The Kier molecular flexibility index (Phi) is 3.66. The third kappa shape index (κ3) is 2.70. The van der Waals surface area contributed by atoms with E-state index in [-0.39, 0.29) is 5.54 Å². The number of anilines is 1. The molecule has 1 aliphatic heterocycles. The minimum atomic E-state index is 0.212. The number of nitrogens with zero attached hydrogens (tertiary/aromatic N) is 3. The van der Waals surface area contributed by atoms with Gasteiger partial charge < -0.3 is 4.90 Å². The molecule has 0 unspecified atom stereocenters. The van der Waals surface area contributed by atoms with Crippen LogP contribution in [0.15, 0.2) is 18.3 Å². The molecule has 4 nitrogen and oxygen atoms in total. The highest BCUT2D eigenvalue weighted by Gasteiger charge is 2.26. The average molecular weight is 247 g/mol. The number of hydrogen-bond acceptors (Lipinski definition) is 4. The summed E-state index contributed by atoms with van der Waals surface area (Å²) < 4.78 is 0. The molecule has 0 aromatic carbocycles. The van der Waals surface area contributed by atoms with Crippen molar-refractivity contribution in [1.29, 1.82) is 0 Å². The first kappa shape index (κ1) is 13.0. The molecule has 0 bridgehead atoms. The van der Waals surface area contributed by atoms with Gasteiger partial charge in [0.1, 0.15) is 5.82 Å². The van der Waals surface area contributed by atoms with Gasteiger partial charge in [0.05, 0.1) is 5.56 Å². The van der Waals surface area contributed by atoms with E-state index in [1.165, 1.54) is 0 Å². The number of piperazine rings is 1. The summed E-state index contributed by atoms with van der Waals surface area (Å²) >= 11 is 0. The van der Waals surface area contributed by atoms with Crippen LogP contribution in [0.3, 0.4) is 0 Å². The predicted molar refractivity (Wildman–Crippen MR) is 73.2 cm³/mol. The zero-order valence-electron chi connectivity index (χ0n) is 11.4. The van der Waals surface area contributed by atoms with E-state index in [0.29, 0.717) is 5.56 Å². The largest absolute Gasteiger partial charge is 0.353 e. The molecule has 0 amide bonds. The Balaban J connectivity index is 2.08. The summed E-state index contributed by atoms with van der Waals surface area (Å²) in [5, 5.41) is 0. The van der Waals surface area contributed by atoms with Crippen LogP contribution >= 0.6 is 0 Å². The molecule has 2 rings (SSSR count). The summed E-state index contributed by atoms with van der Waals surface area (Å²) in [7, 11) is 0. The second kappa shape index (κ2) is 5.06. The van der Waals surface area contributed by atoms with Gasteiger partial charge >= 0.3 is 0 Å². The van der Waals surface area contributed by atoms with Gasteiger partial charge in [-0.3, -0.25) is 9.69 Å². The molecule has 0 spiro atoms. The normalized spacial score (nSPS) is 17.8. The van der Waals surface area contributed by atoms with E-state index < -0.39 is 0 Å². The molecule has 0 saturated carbocycles.